The minimum Gasteiger partial charge on any atom is -0.493 e. The molecule has 3 aromatic carbocycles. The molecule has 0 fully saturated rings. The van der Waals surface area contributed by atoms with Gasteiger partial charge in [-0.25, -0.2) is 0 Å². The summed E-state index contributed by atoms with van der Waals surface area (Å²) in [6, 6.07) is 16.0. The lowest BCUT2D eigenvalue weighted by molar-refractivity contribution is -0.110. The standard InChI is InChI=1S/C23H16Cl3NO3/c1-29-22-9-13(8-18-17-6-5-16(25)11-20(17)27-23(18)28)2-7-21(22)30-12-14-3-4-15(24)10-19(14)26/h2-11H,12H2,1H3,(H,27,28). The van der Waals surface area contributed by atoms with Crippen LogP contribution in [-0.4, -0.2) is 13.0 Å². The van der Waals surface area contributed by atoms with Crippen LogP contribution in [0.5, 0.6) is 11.5 Å². The zero-order chi connectivity index (χ0) is 21.3. The fourth-order valence-electron chi connectivity index (χ4n) is 3.16. The van der Waals surface area contributed by atoms with Crippen molar-refractivity contribution in [2.75, 3.05) is 12.4 Å². The van der Waals surface area contributed by atoms with Crippen LogP contribution < -0.4 is 14.8 Å². The fourth-order valence-corrected chi connectivity index (χ4v) is 3.80. The Morgan fingerprint density at radius 1 is 0.933 bits per heavy atom. The lowest BCUT2D eigenvalue weighted by atomic mass is 10.0. The number of halogens is 3. The predicted molar refractivity (Wildman–Crippen MR) is 122 cm³/mol. The number of hydrogen-bond donors (Lipinski definition) is 1. The van der Waals surface area contributed by atoms with Gasteiger partial charge in [0, 0.05) is 31.8 Å². The van der Waals surface area contributed by atoms with Crippen LogP contribution in [-0.2, 0) is 11.4 Å². The van der Waals surface area contributed by atoms with Crippen LogP contribution in [0.1, 0.15) is 16.7 Å². The summed E-state index contributed by atoms with van der Waals surface area (Å²) in [5, 5.41) is 4.50. The molecule has 1 N–H and O–H groups in total. The maximum absolute atomic E-state index is 12.4. The Morgan fingerprint density at radius 2 is 1.70 bits per heavy atom. The van der Waals surface area contributed by atoms with Gasteiger partial charge in [-0.2, -0.15) is 0 Å². The Hall–Kier alpha value is -2.66. The molecule has 1 amide bonds. The van der Waals surface area contributed by atoms with Gasteiger partial charge in [0.05, 0.1) is 12.8 Å². The summed E-state index contributed by atoms with van der Waals surface area (Å²) in [6.07, 6.45) is 1.80. The molecule has 0 bridgehead atoms. The predicted octanol–water partition coefficient (Wildman–Crippen LogP) is 6.73. The van der Waals surface area contributed by atoms with Crippen molar-refractivity contribution < 1.29 is 14.3 Å². The number of methoxy groups -OCH3 is 1. The molecule has 0 aliphatic carbocycles. The molecule has 3 aromatic rings. The smallest absolute Gasteiger partial charge is 0.256 e. The summed E-state index contributed by atoms with van der Waals surface area (Å²) in [6.45, 7) is 0.267. The molecule has 4 nitrogen and oxygen atoms in total. The number of ether oxygens (including phenoxy) is 2. The van der Waals surface area contributed by atoms with E-state index in [0.29, 0.717) is 37.8 Å². The van der Waals surface area contributed by atoms with E-state index in [1.165, 1.54) is 0 Å². The molecule has 0 spiro atoms. The Kier molecular flexibility index (Phi) is 5.91. The van der Waals surface area contributed by atoms with E-state index < -0.39 is 0 Å². The van der Waals surface area contributed by atoms with Gasteiger partial charge < -0.3 is 14.8 Å². The number of benzene rings is 3. The van der Waals surface area contributed by atoms with E-state index in [0.717, 1.165) is 16.7 Å². The molecule has 0 saturated carbocycles. The highest BCUT2D eigenvalue weighted by Gasteiger charge is 2.24. The molecule has 0 aromatic heterocycles. The summed E-state index contributed by atoms with van der Waals surface area (Å²) in [5.41, 5.74) is 3.68. The first-order chi connectivity index (χ1) is 14.4. The molecular formula is C23H16Cl3NO3. The number of carbonyl (C=O) groups is 1. The largest absolute Gasteiger partial charge is 0.493 e. The average Bonchev–Trinajstić information content (AvgIpc) is 3.02. The average molecular weight is 461 g/mol. The topological polar surface area (TPSA) is 47.6 Å². The highest BCUT2D eigenvalue weighted by atomic mass is 35.5. The van der Waals surface area contributed by atoms with Gasteiger partial charge in [-0.3, -0.25) is 4.79 Å². The van der Waals surface area contributed by atoms with Crippen LogP contribution in [0.4, 0.5) is 5.69 Å². The number of carbonyl (C=O) groups excluding carboxylic acids is 1. The molecule has 1 heterocycles. The van der Waals surface area contributed by atoms with Crippen LogP contribution in [0.2, 0.25) is 15.1 Å². The third-order valence-corrected chi connectivity index (χ3v) is 5.48. The molecule has 152 valence electrons. The first-order valence-corrected chi connectivity index (χ1v) is 10.2. The van der Waals surface area contributed by atoms with Gasteiger partial charge in [-0.15, -0.1) is 0 Å². The van der Waals surface area contributed by atoms with Crippen LogP contribution in [0.15, 0.2) is 54.6 Å². The van der Waals surface area contributed by atoms with Crippen LogP contribution in [0, 0.1) is 0 Å². The lowest BCUT2D eigenvalue weighted by Crippen LogP contribution is -2.03. The van der Waals surface area contributed by atoms with Crippen LogP contribution in [0.25, 0.3) is 11.6 Å². The van der Waals surface area contributed by atoms with E-state index in [1.54, 1.807) is 43.5 Å². The number of fused-ring (bicyclic) bond motifs is 1. The molecule has 0 atom stereocenters. The second kappa shape index (κ2) is 8.60. The zero-order valence-electron chi connectivity index (χ0n) is 15.8. The first-order valence-electron chi connectivity index (χ1n) is 9.02. The zero-order valence-corrected chi connectivity index (χ0v) is 18.1. The molecule has 30 heavy (non-hydrogen) atoms. The molecule has 7 heteroatoms. The number of nitrogens with one attached hydrogen (secondary N) is 1. The van der Waals surface area contributed by atoms with Crippen molar-refractivity contribution >= 4 is 58.0 Å². The van der Waals surface area contributed by atoms with Crippen molar-refractivity contribution in [2.45, 2.75) is 6.61 Å². The van der Waals surface area contributed by atoms with Crippen molar-refractivity contribution in [1.82, 2.24) is 0 Å². The van der Waals surface area contributed by atoms with Crippen molar-refractivity contribution in [3.63, 3.8) is 0 Å². The molecular weight excluding hydrogens is 445 g/mol. The Labute approximate surface area is 189 Å². The van der Waals surface area contributed by atoms with Gasteiger partial charge in [0.2, 0.25) is 0 Å². The molecule has 0 unspecified atom stereocenters. The molecule has 1 aliphatic heterocycles. The quantitative estimate of drug-likeness (QED) is 0.430. The van der Waals surface area contributed by atoms with Crippen molar-refractivity contribution in [1.29, 1.82) is 0 Å². The number of anilines is 1. The number of rotatable bonds is 5. The van der Waals surface area contributed by atoms with E-state index in [1.807, 2.05) is 24.3 Å². The minimum atomic E-state index is -0.177. The van der Waals surface area contributed by atoms with E-state index >= 15 is 0 Å². The van der Waals surface area contributed by atoms with E-state index in [2.05, 4.69) is 5.32 Å². The van der Waals surface area contributed by atoms with Gasteiger partial charge in [0.1, 0.15) is 6.61 Å². The normalized spacial score (nSPS) is 13.9. The SMILES string of the molecule is COc1cc(C=C2C(=O)Nc3cc(Cl)ccc32)ccc1OCc1ccc(Cl)cc1Cl. The summed E-state index contributed by atoms with van der Waals surface area (Å²) in [7, 11) is 1.56. The van der Waals surface area contributed by atoms with Crippen molar-refractivity contribution in [3.8, 4) is 11.5 Å². The number of amides is 1. The van der Waals surface area contributed by atoms with E-state index in [4.69, 9.17) is 44.3 Å². The van der Waals surface area contributed by atoms with Gasteiger partial charge >= 0.3 is 0 Å². The molecule has 0 saturated heterocycles. The van der Waals surface area contributed by atoms with Crippen molar-refractivity contribution in [2.24, 2.45) is 0 Å². The minimum absolute atomic E-state index is 0.177. The lowest BCUT2D eigenvalue weighted by Gasteiger charge is -2.12. The van der Waals surface area contributed by atoms with E-state index in [9.17, 15) is 4.79 Å². The second-order valence-corrected chi connectivity index (χ2v) is 7.92. The maximum Gasteiger partial charge on any atom is 0.256 e. The second-order valence-electron chi connectivity index (χ2n) is 6.64. The van der Waals surface area contributed by atoms with Gasteiger partial charge in [-0.1, -0.05) is 53.0 Å². The van der Waals surface area contributed by atoms with E-state index in [-0.39, 0.29) is 12.5 Å². The summed E-state index contributed by atoms with van der Waals surface area (Å²) in [4.78, 5) is 12.4. The fraction of sp³-hybridized carbons (Fsp3) is 0.0870. The molecule has 0 radical (unpaired) electrons. The first kappa shape index (κ1) is 20.6. The highest BCUT2D eigenvalue weighted by molar-refractivity contribution is 6.36. The third-order valence-electron chi connectivity index (χ3n) is 4.66. The third kappa shape index (κ3) is 4.26. The summed E-state index contributed by atoms with van der Waals surface area (Å²) < 4.78 is 11.4. The number of hydrogen-bond acceptors (Lipinski definition) is 3. The maximum atomic E-state index is 12.4. The Bertz CT molecular complexity index is 1170. The highest BCUT2D eigenvalue weighted by Crippen LogP contribution is 2.36. The van der Waals surface area contributed by atoms with Crippen LogP contribution in [0.3, 0.4) is 0 Å². The van der Waals surface area contributed by atoms with Crippen molar-refractivity contribution in [3.05, 3.63) is 86.4 Å². The Balaban J connectivity index is 1.58. The summed E-state index contributed by atoms with van der Waals surface area (Å²) in [5.74, 6) is 0.932. The molecule has 4 rings (SSSR count). The van der Waals surface area contributed by atoms with Gasteiger partial charge in [-0.05, 0) is 48.0 Å². The van der Waals surface area contributed by atoms with Gasteiger partial charge in [0.15, 0.2) is 11.5 Å². The van der Waals surface area contributed by atoms with Crippen LogP contribution >= 0.6 is 34.8 Å². The van der Waals surface area contributed by atoms with Gasteiger partial charge in [0.25, 0.3) is 5.91 Å². The molecule has 1 aliphatic rings. The monoisotopic (exact) mass is 459 g/mol. The summed E-state index contributed by atoms with van der Waals surface area (Å²) >= 11 is 18.1. The Morgan fingerprint density at radius 3 is 2.47 bits per heavy atom.